The standard InChI is InChI=1S/C21H18ClNO/c1-15-12-13-19(18(22)14-15)23-21(24)20(16-8-4-2-5-9-16)17-10-6-3-7-11-17/h2-14,20H,1H3,(H,23,24). The fourth-order valence-electron chi connectivity index (χ4n) is 2.71. The van der Waals surface area contributed by atoms with Crippen LogP contribution in [0.2, 0.25) is 5.02 Å². The van der Waals surface area contributed by atoms with Crippen LogP contribution in [0.4, 0.5) is 5.69 Å². The first-order valence-corrected chi connectivity index (χ1v) is 8.20. The number of nitrogens with one attached hydrogen (secondary N) is 1. The average molecular weight is 336 g/mol. The van der Waals surface area contributed by atoms with Crippen molar-refractivity contribution in [3.63, 3.8) is 0 Å². The van der Waals surface area contributed by atoms with Gasteiger partial charge >= 0.3 is 0 Å². The van der Waals surface area contributed by atoms with Gasteiger partial charge in [-0.05, 0) is 35.7 Å². The summed E-state index contributed by atoms with van der Waals surface area (Å²) in [5.41, 5.74) is 3.58. The SMILES string of the molecule is Cc1ccc(NC(=O)C(c2ccccc2)c2ccccc2)c(Cl)c1. The van der Waals surface area contributed by atoms with Crippen molar-refractivity contribution in [3.8, 4) is 0 Å². The lowest BCUT2D eigenvalue weighted by Crippen LogP contribution is -2.22. The normalized spacial score (nSPS) is 10.6. The summed E-state index contributed by atoms with van der Waals surface area (Å²) < 4.78 is 0. The Bertz CT molecular complexity index is 791. The van der Waals surface area contributed by atoms with Gasteiger partial charge in [-0.1, -0.05) is 78.3 Å². The first-order valence-electron chi connectivity index (χ1n) is 7.82. The summed E-state index contributed by atoms with van der Waals surface area (Å²) >= 11 is 6.26. The van der Waals surface area contributed by atoms with Crippen LogP contribution in [-0.4, -0.2) is 5.91 Å². The Morgan fingerprint density at radius 1 is 0.875 bits per heavy atom. The van der Waals surface area contributed by atoms with Gasteiger partial charge in [0, 0.05) is 0 Å². The van der Waals surface area contributed by atoms with Crippen LogP contribution in [0.3, 0.4) is 0 Å². The highest BCUT2D eigenvalue weighted by Gasteiger charge is 2.23. The van der Waals surface area contributed by atoms with Crippen molar-refractivity contribution < 1.29 is 4.79 Å². The van der Waals surface area contributed by atoms with Gasteiger partial charge in [-0.15, -0.1) is 0 Å². The molecule has 24 heavy (non-hydrogen) atoms. The van der Waals surface area contributed by atoms with Gasteiger partial charge in [0.15, 0.2) is 0 Å². The molecular weight excluding hydrogens is 318 g/mol. The first kappa shape index (κ1) is 16.3. The van der Waals surface area contributed by atoms with Crippen molar-refractivity contribution in [2.75, 3.05) is 5.32 Å². The van der Waals surface area contributed by atoms with E-state index in [-0.39, 0.29) is 11.8 Å². The molecule has 0 radical (unpaired) electrons. The highest BCUT2D eigenvalue weighted by atomic mass is 35.5. The summed E-state index contributed by atoms with van der Waals surface area (Å²) in [6.07, 6.45) is 0. The van der Waals surface area contributed by atoms with Crippen LogP contribution < -0.4 is 5.32 Å². The maximum absolute atomic E-state index is 13.0. The molecule has 0 spiro atoms. The van der Waals surface area contributed by atoms with Gasteiger partial charge in [0.05, 0.1) is 16.6 Å². The van der Waals surface area contributed by atoms with Crippen molar-refractivity contribution in [1.29, 1.82) is 0 Å². The van der Waals surface area contributed by atoms with E-state index in [9.17, 15) is 4.79 Å². The average Bonchev–Trinajstić information content (AvgIpc) is 2.60. The summed E-state index contributed by atoms with van der Waals surface area (Å²) in [6, 6.07) is 25.1. The Kier molecular flexibility index (Phi) is 4.97. The van der Waals surface area contributed by atoms with Gasteiger partial charge in [0.25, 0.3) is 0 Å². The van der Waals surface area contributed by atoms with Gasteiger partial charge < -0.3 is 5.32 Å². The maximum Gasteiger partial charge on any atom is 0.236 e. The molecule has 120 valence electrons. The largest absolute Gasteiger partial charge is 0.324 e. The fraction of sp³-hybridized carbons (Fsp3) is 0.0952. The van der Waals surface area contributed by atoms with Crippen LogP contribution >= 0.6 is 11.6 Å². The molecule has 0 aromatic heterocycles. The molecule has 0 saturated carbocycles. The van der Waals surface area contributed by atoms with Crippen molar-refractivity contribution >= 4 is 23.2 Å². The molecule has 2 nitrogen and oxygen atoms in total. The Morgan fingerprint density at radius 2 is 1.42 bits per heavy atom. The van der Waals surface area contributed by atoms with E-state index in [4.69, 9.17) is 11.6 Å². The third kappa shape index (κ3) is 3.66. The van der Waals surface area contributed by atoms with Crippen LogP contribution in [-0.2, 0) is 4.79 Å². The summed E-state index contributed by atoms with van der Waals surface area (Å²) in [4.78, 5) is 13.0. The van der Waals surface area contributed by atoms with E-state index < -0.39 is 0 Å². The number of hydrogen-bond donors (Lipinski definition) is 1. The minimum absolute atomic E-state index is 0.0989. The van der Waals surface area contributed by atoms with Gasteiger partial charge in [0.2, 0.25) is 5.91 Å². The lowest BCUT2D eigenvalue weighted by molar-refractivity contribution is -0.116. The molecule has 0 heterocycles. The van der Waals surface area contributed by atoms with E-state index in [0.29, 0.717) is 10.7 Å². The molecule has 0 bridgehead atoms. The second-order valence-electron chi connectivity index (χ2n) is 5.73. The topological polar surface area (TPSA) is 29.1 Å². The lowest BCUT2D eigenvalue weighted by Gasteiger charge is -2.18. The molecule has 0 aliphatic rings. The van der Waals surface area contributed by atoms with Crippen LogP contribution in [0.1, 0.15) is 22.6 Å². The fourth-order valence-corrected chi connectivity index (χ4v) is 2.99. The number of anilines is 1. The summed E-state index contributed by atoms with van der Waals surface area (Å²) in [7, 11) is 0. The molecule has 0 aliphatic heterocycles. The third-order valence-corrected chi connectivity index (χ3v) is 4.22. The van der Waals surface area contributed by atoms with Gasteiger partial charge in [-0.3, -0.25) is 4.79 Å². The molecular formula is C21H18ClNO. The van der Waals surface area contributed by atoms with Gasteiger partial charge in [-0.25, -0.2) is 0 Å². The number of hydrogen-bond acceptors (Lipinski definition) is 1. The monoisotopic (exact) mass is 335 g/mol. The molecule has 0 aliphatic carbocycles. The summed E-state index contributed by atoms with van der Waals surface area (Å²) in [5.74, 6) is -0.483. The summed E-state index contributed by atoms with van der Waals surface area (Å²) in [6.45, 7) is 1.97. The van der Waals surface area contributed by atoms with Crippen LogP contribution in [0, 0.1) is 6.92 Å². The van der Waals surface area contributed by atoms with Gasteiger partial charge in [0.1, 0.15) is 0 Å². The number of rotatable bonds is 4. The Balaban J connectivity index is 1.95. The molecule has 0 saturated heterocycles. The zero-order valence-electron chi connectivity index (χ0n) is 13.4. The second kappa shape index (κ2) is 7.33. The van der Waals surface area contributed by atoms with E-state index in [1.807, 2.05) is 85.8 Å². The highest BCUT2D eigenvalue weighted by Crippen LogP contribution is 2.28. The van der Waals surface area contributed by atoms with E-state index >= 15 is 0 Å². The lowest BCUT2D eigenvalue weighted by atomic mass is 9.90. The Morgan fingerprint density at radius 3 is 1.92 bits per heavy atom. The van der Waals surface area contributed by atoms with Crippen molar-refractivity contribution in [3.05, 3.63) is 101 Å². The van der Waals surface area contributed by atoms with Crippen molar-refractivity contribution in [2.45, 2.75) is 12.8 Å². The quantitative estimate of drug-likeness (QED) is 0.677. The molecule has 0 unspecified atom stereocenters. The molecule has 0 atom stereocenters. The zero-order chi connectivity index (χ0) is 16.9. The van der Waals surface area contributed by atoms with Crippen molar-refractivity contribution in [1.82, 2.24) is 0 Å². The predicted octanol–water partition coefficient (Wildman–Crippen LogP) is 5.42. The molecule has 1 amide bonds. The zero-order valence-corrected chi connectivity index (χ0v) is 14.1. The predicted molar refractivity (Wildman–Crippen MR) is 99.5 cm³/mol. The highest BCUT2D eigenvalue weighted by molar-refractivity contribution is 6.33. The molecule has 3 heteroatoms. The number of carbonyl (C=O) groups is 1. The van der Waals surface area contributed by atoms with E-state index in [1.165, 1.54) is 0 Å². The summed E-state index contributed by atoms with van der Waals surface area (Å²) in [5, 5.41) is 3.51. The molecule has 0 fully saturated rings. The van der Waals surface area contributed by atoms with E-state index in [1.54, 1.807) is 0 Å². The molecule has 3 rings (SSSR count). The molecule has 3 aromatic carbocycles. The van der Waals surface area contributed by atoms with Crippen LogP contribution in [0.25, 0.3) is 0 Å². The minimum atomic E-state index is -0.384. The second-order valence-corrected chi connectivity index (χ2v) is 6.13. The van der Waals surface area contributed by atoms with Crippen LogP contribution in [0.5, 0.6) is 0 Å². The Labute approximate surface area is 147 Å². The Hall–Kier alpha value is -2.58. The molecule has 3 aromatic rings. The van der Waals surface area contributed by atoms with E-state index in [2.05, 4.69) is 5.32 Å². The maximum atomic E-state index is 13.0. The number of amides is 1. The first-order chi connectivity index (χ1) is 11.6. The minimum Gasteiger partial charge on any atom is -0.324 e. The third-order valence-electron chi connectivity index (χ3n) is 3.91. The smallest absolute Gasteiger partial charge is 0.236 e. The number of carbonyl (C=O) groups excluding carboxylic acids is 1. The van der Waals surface area contributed by atoms with E-state index in [0.717, 1.165) is 16.7 Å². The number of aryl methyl sites for hydroxylation is 1. The molecule has 1 N–H and O–H groups in total. The van der Waals surface area contributed by atoms with Crippen molar-refractivity contribution in [2.24, 2.45) is 0 Å². The number of halogens is 1. The van der Waals surface area contributed by atoms with Gasteiger partial charge in [-0.2, -0.15) is 0 Å². The van der Waals surface area contributed by atoms with Crippen LogP contribution in [0.15, 0.2) is 78.9 Å². The number of benzene rings is 3.